The molecular weight excluding hydrogens is 1450 g/mol. The summed E-state index contributed by atoms with van der Waals surface area (Å²) in [4.78, 5) is 55.6. The van der Waals surface area contributed by atoms with Crippen molar-refractivity contribution in [3.05, 3.63) is 279 Å². The Morgan fingerprint density at radius 3 is 1.14 bits per heavy atom. The van der Waals surface area contributed by atoms with Crippen molar-refractivity contribution in [1.29, 1.82) is 0 Å². The first-order valence-electron chi connectivity index (χ1n) is 41.2. The number of Topliss-reactive ketones (excluding diaryl/α,β-unsaturated/α-hetero) is 2. The normalized spacial score (nSPS) is 16.8. The van der Waals surface area contributed by atoms with E-state index in [1.165, 1.54) is 128 Å². The predicted octanol–water partition coefficient (Wildman–Crippen LogP) is 17.0. The number of ether oxygens (including phenoxy) is 2. The van der Waals surface area contributed by atoms with Gasteiger partial charge in [-0.15, -0.1) is 0 Å². The quantitative estimate of drug-likeness (QED) is 0.0281. The van der Waals surface area contributed by atoms with Gasteiger partial charge in [-0.2, -0.15) is 8.42 Å². The number of ketones is 2. The van der Waals surface area contributed by atoms with Crippen LogP contribution in [-0.4, -0.2) is 96.6 Å². The minimum absolute atomic E-state index is 0.0598. The van der Waals surface area contributed by atoms with Gasteiger partial charge in [0.1, 0.15) is 12.2 Å². The lowest BCUT2D eigenvalue weighted by Crippen LogP contribution is -2.28. The van der Waals surface area contributed by atoms with Crippen molar-refractivity contribution in [2.45, 2.75) is 280 Å². The van der Waals surface area contributed by atoms with Crippen LogP contribution in [-0.2, 0) is 190 Å². The van der Waals surface area contributed by atoms with Gasteiger partial charge >= 0.3 is 11.9 Å². The van der Waals surface area contributed by atoms with Crippen molar-refractivity contribution in [1.82, 2.24) is 5.32 Å². The number of esters is 2. The number of nitrogens with one attached hydrogen (secondary N) is 1. The summed E-state index contributed by atoms with van der Waals surface area (Å²) in [5, 5.41) is 22.5. The van der Waals surface area contributed by atoms with E-state index in [9.17, 15) is 42.6 Å². The van der Waals surface area contributed by atoms with E-state index in [2.05, 4.69) is 157 Å². The van der Waals surface area contributed by atoms with Crippen molar-refractivity contribution in [2.75, 3.05) is 6.26 Å². The van der Waals surface area contributed by atoms with Crippen molar-refractivity contribution in [2.24, 2.45) is 0 Å². The van der Waals surface area contributed by atoms with E-state index in [-0.39, 0.29) is 74.5 Å². The van der Waals surface area contributed by atoms with Crippen LogP contribution in [0.1, 0.15) is 239 Å². The SMILES string of the molecule is CC(=O)POC1Cc2ccc(C(C)=O)cc2C1.CCc1cc2c(cc1C(C)=O)CC(OC(C)=O)C2.CCc1cc2c(cc1CC)CC(NCc1ccccc1)C2.CCc1cc2c(cc1CC)CC(O)C2.CCc1cc2c(cc1CC)CC(OS(C)(=O)=O)C2.CCc1ccc2c(c1)CC(OC(C)=O)C2.OC1Cc2ccccc2C1. The molecule has 0 saturated heterocycles. The molecule has 113 heavy (non-hydrogen) atoms. The van der Waals surface area contributed by atoms with E-state index in [4.69, 9.17) is 18.2 Å². The minimum Gasteiger partial charge on any atom is -0.462 e. The van der Waals surface area contributed by atoms with Gasteiger partial charge in [-0.25, -0.2) is 0 Å². The molecule has 15 rings (SSSR count). The van der Waals surface area contributed by atoms with E-state index >= 15 is 0 Å². The van der Waals surface area contributed by atoms with Crippen LogP contribution in [0.25, 0.3) is 0 Å². The summed E-state index contributed by atoms with van der Waals surface area (Å²) in [6.07, 6.45) is 21.2. The number of aliphatic hydroxyl groups is 2. The summed E-state index contributed by atoms with van der Waals surface area (Å²) >= 11 is 0. The van der Waals surface area contributed by atoms with Gasteiger partial charge in [-0.05, 0) is 257 Å². The summed E-state index contributed by atoms with van der Waals surface area (Å²) in [5.41, 5.74) is 32.6. The fourth-order valence-electron chi connectivity index (χ4n) is 16.9. The molecule has 8 aromatic rings. The zero-order valence-corrected chi connectivity index (χ0v) is 71.2. The summed E-state index contributed by atoms with van der Waals surface area (Å²) in [5.74, 6) is -0.229. The molecule has 16 heteroatoms. The molecule has 7 aliphatic carbocycles. The third-order valence-electron chi connectivity index (χ3n) is 22.6. The molecule has 0 heterocycles. The highest BCUT2D eigenvalue weighted by Crippen LogP contribution is 2.35. The maximum atomic E-state index is 11.6. The molecule has 0 spiro atoms. The highest BCUT2D eigenvalue weighted by molar-refractivity contribution is 7.86. The first-order chi connectivity index (χ1) is 54.1. The third kappa shape index (κ3) is 25.9. The number of hydrogen-bond acceptors (Lipinski definition) is 14. The van der Waals surface area contributed by atoms with Crippen LogP contribution in [0, 0.1) is 0 Å². The average Bonchev–Trinajstić information content (AvgIpc) is 1.66. The fourth-order valence-corrected chi connectivity index (χ4v) is 18.1. The molecule has 0 aromatic heterocycles. The highest BCUT2D eigenvalue weighted by atomic mass is 32.2. The van der Waals surface area contributed by atoms with E-state index in [0.29, 0.717) is 18.9 Å². The molecule has 3 N–H and O–H groups in total. The second-order valence-electron chi connectivity index (χ2n) is 31.3. The first kappa shape index (κ1) is 88.8. The smallest absolute Gasteiger partial charge is 0.302 e. The van der Waals surface area contributed by atoms with Gasteiger partial charge < -0.3 is 29.5 Å². The van der Waals surface area contributed by atoms with Crippen LogP contribution in [0.4, 0.5) is 0 Å². The lowest BCUT2D eigenvalue weighted by molar-refractivity contribution is -0.146. The van der Waals surface area contributed by atoms with Gasteiger partial charge in [0.2, 0.25) is 0 Å². The molecule has 0 bridgehead atoms. The topological polar surface area (TPSA) is 209 Å². The Balaban J connectivity index is 0.000000152. The zero-order valence-electron chi connectivity index (χ0n) is 69.4. The summed E-state index contributed by atoms with van der Waals surface area (Å²) < 4.78 is 43.4. The maximum Gasteiger partial charge on any atom is 0.302 e. The number of hydrogen-bond donors (Lipinski definition) is 3. The maximum absolute atomic E-state index is 11.6. The van der Waals surface area contributed by atoms with E-state index < -0.39 is 10.1 Å². The minimum atomic E-state index is -3.36. The van der Waals surface area contributed by atoms with E-state index in [1.807, 2.05) is 43.3 Å². The average molecular weight is 1570 g/mol. The van der Waals surface area contributed by atoms with Gasteiger partial charge in [0.25, 0.3) is 10.1 Å². The van der Waals surface area contributed by atoms with Crippen molar-refractivity contribution in [3.8, 4) is 0 Å². The number of carbonyl (C=O) groups is 5. The van der Waals surface area contributed by atoms with Crippen LogP contribution in [0.3, 0.4) is 0 Å². The molecule has 0 amide bonds. The zero-order chi connectivity index (χ0) is 81.6. The number of carbonyl (C=O) groups excluding carboxylic acids is 5. The number of benzene rings is 8. The van der Waals surface area contributed by atoms with Gasteiger partial charge in [0.05, 0.1) is 39.5 Å². The number of rotatable bonds is 20. The van der Waals surface area contributed by atoms with Gasteiger partial charge in [0.15, 0.2) is 17.1 Å². The number of aliphatic hydroxyl groups excluding tert-OH is 2. The standard InChI is InChI=1S/C20H25N.C15H18O3.C14H20O3S.C13H15O3P.C13H16O2.C13H18O.C9H10O/c1-3-16-10-18-12-20(13-19(18)11-17(16)4-2)21-14-15-8-6-5-7-9-15;1-4-11-5-12-6-14(18-10(3)17)7-13(12)8-15(11)9(2)16;1-4-10-6-12-8-14(17-18(3,15)16)9-13(12)7-11(10)5-2;1-8(14)10-3-4-11-6-13(7-12(11)5-10)16-17-9(2)15;1-3-10-4-5-11-7-13(15-9(2)14)8-12(11)6-10;1-3-9-5-11-7-13(14)8-12(11)6-10(9)4-2;10-9-5-7-3-1-2-4-8(7)6-9/h5-11,20-21H,3-4,12-14H2,1-2H3;5,8,14H,4,6-7H2,1-3H3;6-7,14H,4-5,8-9H2,1-3H3;3-5,13,17H,6-7H2,1-2H3;4-6,13H,3,7-8H2,1-2H3;5-6,13-14H,3-4,7-8H2,1-2H3;1-4,9-10H,5-6H2. The van der Waals surface area contributed by atoms with Crippen LogP contribution in [0.2, 0.25) is 0 Å². The van der Waals surface area contributed by atoms with Crippen LogP contribution in [0.15, 0.2) is 140 Å². The number of fused-ring (bicyclic) bond motifs is 7. The van der Waals surface area contributed by atoms with Crippen LogP contribution in [0.5, 0.6) is 0 Å². The molecule has 14 nitrogen and oxygen atoms in total. The molecule has 8 aromatic carbocycles. The molecular formula is C97H122NO13PS. The molecule has 0 aliphatic heterocycles. The summed E-state index contributed by atoms with van der Waals surface area (Å²) in [6.45, 7) is 26.0. The van der Waals surface area contributed by atoms with Crippen LogP contribution >= 0.6 is 8.81 Å². The highest BCUT2D eigenvalue weighted by Gasteiger charge is 2.30. The Labute approximate surface area is 675 Å². The van der Waals surface area contributed by atoms with Crippen LogP contribution < -0.4 is 5.32 Å². The molecule has 0 radical (unpaired) electrons. The monoisotopic (exact) mass is 1570 g/mol. The van der Waals surface area contributed by atoms with Crippen molar-refractivity contribution >= 4 is 48.0 Å². The Hall–Kier alpha value is -8.11. The Morgan fingerprint density at radius 2 is 0.726 bits per heavy atom. The second-order valence-corrected chi connectivity index (χ2v) is 34.0. The van der Waals surface area contributed by atoms with Gasteiger partial charge in [0, 0.05) is 83.0 Å². The first-order valence-corrected chi connectivity index (χ1v) is 44.0. The molecule has 4 unspecified atom stereocenters. The van der Waals surface area contributed by atoms with E-state index in [0.717, 1.165) is 151 Å². The molecule has 0 saturated carbocycles. The van der Waals surface area contributed by atoms with Gasteiger partial charge in [-0.3, -0.25) is 28.2 Å². The second kappa shape index (κ2) is 42.5. The fraction of sp³-hybridized carbons (Fsp3) is 0.454. The predicted molar refractivity (Wildman–Crippen MR) is 456 cm³/mol. The Morgan fingerprint density at radius 1 is 0.372 bits per heavy atom. The Kier molecular flexibility index (Phi) is 33.4. The van der Waals surface area contributed by atoms with Crippen molar-refractivity contribution in [3.63, 3.8) is 0 Å². The Bertz CT molecular complexity index is 4610. The molecule has 604 valence electrons. The van der Waals surface area contributed by atoms with Crippen molar-refractivity contribution < 1.29 is 60.8 Å². The lowest BCUT2D eigenvalue weighted by atomic mass is 9.96. The molecule has 0 fully saturated rings. The largest absolute Gasteiger partial charge is 0.462 e. The molecule has 7 aliphatic rings. The third-order valence-corrected chi connectivity index (χ3v) is 23.9. The lowest BCUT2D eigenvalue weighted by Gasteiger charge is -2.11. The summed E-state index contributed by atoms with van der Waals surface area (Å²) in [7, 11) is -3.42. The molecule has 4 atom stereocenters. The van der Waals surface area contributed by atoms with Gasteiger partial charge in [-0.1, -0.05) is 183 Å². The van der Waals surface area contributed by atoms with E-state index in [1.54, 1.807) is 36.1 Å². The summed E-state index contributed by atoms with van der Waals surface area (Å²) in [6, 6.07) is 49.9. The number of aryl methyl sites for hydroxylation is 8.